The van der Waals surface area contributed by atoms with Crippen molar-refractivity contribution in [2.45, 2.75) is 13.8 Å². The third-order valence-electron chi connectivity index (χ3n) is 3.80. The fourth-order valence-corrected chi connectivity index (χ4v) is 2.52. The number of hydrogen-bond donors (Lipinski definition) is 1. The van der Waals surface area contributed by atoms with E-state index in [2.05, 4.69) is 10.5 Å². The Bertz CT molecular complexity index is 926. The van der Waals surface area contributed by atoms with E-state index in [1.165, 1.54) is 18.3 Å². The number of hydrazone groups is 1. The monoisotopic (exact) mass is 371 g/mol. The molecule has 140 valence electrons. The molecule has 1 aliphatic heterocycles. The van der Waals surface area contributed by atoms with Gasteiger partial charge >= 0.3 is 0 Å². The number of carbonyl (C=O) groups is 1. The first-order valence-corrected chi connectivity index (χ1v) is 8.04. The lowest BCUT2D eigenvalue weighted by Crippen LogP contribution is -2.24. The third-order valence-corrected chi connectivity index (χ3v) is 3.80. The van der Waals surface area contributed by atoms with Crippen molar-refractivity contribution in [3.8, 4) is 17.2 Å². The number of nitrogens with one attached hydrogen (secondary N) is 1. The van der Waals surface area contributed by atoms with Gasteiger partial charge in [-0.3, -0.25) is 14.9 Å². The minimum absolute atomic E-state index is 0.000411. The number of nitro benzene ring substituents is 1. The summed E-state index contributed by atoms with van der Waals surface area (Å²) in [4.78, 5) is 22.5. The molecule has 0 bridgehead atoms. The van der Waals surface area contributed by atoms with Crippen molar-refractivity contribution in [1.29, 1.82) is 0 Å². The van der Waals surface area contributed by atoms with Gasteiger partial charge < -0.3 is 14.2 Å². The molecular weight excluding hydrogens is 354 g/mol. The number of carbonyl (C=O) groups excluding carboxylic acids is 1. The first-order chi connectivity index (χ1) is 12.9. The number of rotatable bonds is 6. The van der Waals surface area contributed by atoms with Crippen LogP contribution in [0.25, 0.3) is 0 Å². The van der Waals surface area contributed by atoms with Gasteiger partial charge in [0.25, 0.3) is 11.6 Å². The topological polar surface area (TPSA) is 112 Å². The summed E-state index contributed by atoms with van der Waals surface area (Å²) in [5.74, 6) is 0.789. The van der Waals surface area contributed by atoms with Gasteiger partial charge in [-0.1, -0.05) is 17.7 Å². The number of aryl methyl sites for hydroxylation is 2. The van der Waals surface area contributed by atoms with E-state index in [1.54, 1.807) is 6.07 Å². The molecule has 9 heteroatoms. The van der Waals surface area contributed by atoms with E-state index in [0.717, 1.165) is 11.1 Å². The van der Waals surface area contributed by atoms with Crippen LogP contribution >= 0.6 is 0 Å². The van der Waals surface area contributed by atoms with Crippen LogP contribution in [0.4, 0.5) is 5.69 Å². The maximum Gasteiger partial charge on any atom is 0.282 e. The van der Waals surface area contributed by atoms with Gasteiger partial charge in [-0.25, -0.2) is 5.43 Å². The first kappa shape index (κ1) is 18.2. The van der Waals surface area contributed by atoms with Gasteiger partial charge in [0, 0.05) is 0 Å². The third kappa shape index (κ3) is 4.32. The minimum Gasteiger partial charge on any atom is -0.483 e. The molecule has 2 aromatic rings. The second-order valence-corrected chi connectivity index (χ2v) is 5.87. The van der Waals surface area contributed by atoms with Gasteiger partial charge in [0.05, 0.1) is 22.8 Å². The smallest absolute Gasteiger partial charge is 0.282 e. The molecule has 2 aromatic carbocycles. The van der Waals surface area contributed by atoms with E-state index in [0.29, 0.717) is 17.2 Å². The molecule has 0 aromatic heterocycles. The molecule has 1 aliphatic rings. The number of nitrogens with zero attached hydrogens (tertiary/aromatic N) is 2. The zero-order valence-corrected chi connectivity index (χ0v) is 14.7. The number of nitro groups is 1. The Labute approximate surface area is 154 Å². The highest BCUT2D eigenvalue weighted by atomic mass is 16.7. The van der Waals surface area contributed by atoms with Crippen molar-refractivity contribution in [3.05, 3.63) is 57.1 Å². The van der Waals surface area contributed by atoms with Crippen LogP contribution in [0.1, 0.15) is 16.7 Å². The van der Waals surface area contributed by atoms with Crippen molar-refractivity contribution in [2.75, 3.05) is 13.4 Å². The maximum atomic E-state index is 11.9. The summed E-state index contributed by atoms with van der Waals surface area (Å²) in [5.41, 5.74) is 4.27. The molecule has 0 fully saturated rings. The zero-order chi connectivity index (χ0) is 19.4. The van der Waals surface area contributed by atoms with Gasteiger partial charge in [0.15, 0.2) is 18.1 Å². The highest BCUT2D eigenvalue weighted by Gasteiger charge is 2.22. The van der Waals surface area contributed by atoms with Crippen molar-refractivity contribution >= 4 is 17.8 Å². The van der Waals surface area contributed by atoms with E-state index in [4.69, 9.17) is 14.2 Å². The van der Waals surface area contributed by atoms with Crippen LogP contribution in [0.15, 0.2) is 35.4 Å². The molecule has 9 nitrogen and oxygen atoms in total. The summed E-state index contributed by atoms with van der Waals surface area (Å²) in [6, 6.07) is 8.32. The van der Waals surface area contributed by atoms with E-state index in [-0.39, 0.29) is 24.7 Å². The zero-order valence-electron chi connectivity index (χ0n) is 14.7. The first-order valence-electron chi connectivity index (χ1n) is 8.04. The van der Waals surface area contributed by atoms with Gasteiger partial charge in [-0.05, 0) is 31.5 Å². The highest BCUT2D eigenvalue weighted by molar-refractivity contribution is 5.88. The fourth-order valence-electron chi connectivity index (χ4n) is 2.52. The van der Waals surface area contributed by atoms with Crippen LogP contribution in [-0.2, 0) is 4.79 Å². The number of benzene rings is 2. The van der Waals surface area contributed by atoms with E-state index in [9.17, 15) is 14.9 Å². The van der Waals surface area contributed by atoms with Crippen LogP contribution in [0, 0.1) is 24.0 Å². The van der Waals surface area contributed by atoms with Crippen LogP contribution in [0.3, 0.4) is 0 Å². The number of ether oxygens (including phenoxy) is 3. The Morgan fingerprint density at radius 3 is 2.74 bits per heavy atom. The standard InChI is InChI=1S/C18H17N3O6/c1-11-3-4-15(12(2)5-11)25-9-18(22)20-19-8-13-6-16-17(27-10-26-16)7-14(13)21(23)24/h3-8H,9-10H2,1-2H3,(H,20,22)/b19-8-. The number of fused-ring (bicyclic) bond motifs is 1. The molecule has 0 saturated heterocycles. The molecule has 27 heavy (non-hydrogen) atoms. The minimum atomic E-state index is -0.561. The Hall–Kier alpha value is -3.62. The van der Waals surface area contributed by atoms with Crippen LogP contribution < -0.4 is 19.6 Å². The van der Waals surface area contributed by atoms with Crippen molar-refractivity contribution in [2.24, 2.45) is 5.10 Å². The average molecular weight is 371 g/mol. The molecule has 1 amide bonds. The van der Waals surface area contributed by atoms with E-state index in [1.807, 2.05) is 26.0 Å². The number of hydrogen-bond acceptors (Lipinski definition) is 7. The Morgan fingerprint density at radius 1 is 1.30 bits per heavy atom. The van der Waals surface area contributed by atoms with Crippen molar-refractivity contribution < 1.29 is 23.9 Å². The van der Waals surface area contributed by atoms with Gasteiger partial charge in [0.1, 0.15) is 5.75 Å². The number of amides is 1. The predicted octanol–water partition coefficient (Wildman–Crippen LogP) is 2.47. The second kappa shape index (κ2) is 7.73. The molecule has 0 atom stereocenters. The predicted molar refractivity (Wildman–Crippen MR) is 96.4 cm³/mol. The fraction of sp³-hybridized carbons (Fsp3) is 0.222. The Kier molecular flexibility index (Phi) is 5.20. The molecule has 0 aliphatic carbocycles. The van der Waals surface area contributed by atoms with Crippen molar-refractivity contribution in [1.82, 2.24) is 5.43 Å². The van der Waals surface area contributed by atoms with Gasteiger partial charge in [-0.15, -0.1) is 0 Å². The summed E-state index contributed by atoms with van der Waals surface area (Å²) in [7, 11) is 0. The normalized spacial score (nSPS) is 12.2. The lowest BCUT2D eigenvalue weighted by molar-refractivity contribution is -0.385. The summed E-state index contributed by atoms with van der Waals surface area (Å²) in [5, 5.41) is 14.9. The maximum absolute atomic E-state index is 11.9. The van der Waals surface area contributed by atoms with Crippen LogP contribution in [-0.4, -0.2) is 30.4 Å². The molecule has 1 N–H and O–H groups in total. The van der Waals surface area contributed by atoms with Crippen LogP contribution in [0.5, 0.6) is 17.2 Å². The summed E-state index contributed by atoms with van der Waals surface area (Å²) < 4.78 is 15.8. The molecule has 0 radical (unpaired) electrons. The summed E-state index contributed by atoms with van der Waals surface area (Å²) in [6.07, 6.45) is 1.18. The van der Waals surface area contributed by atoms with Crippen LogP contribution in [0.2, 0.25) is 0 Å². The lowest BCUT2D eigenvalue weighted by atomic mass is 10.1. The largest absolute Gasteiger partial charge is 0.483 e. The Morgan fingerprint density at radius 2 is 2.04 bits per heavy atom. The van der Waals surface area contributed by atoms with E-state index < -0.39 is 10.8 Å². The molecule has 1 heterocycles. The molecule has 0 spiro atoms. The molecule has 0 unspecified atom stereocenters. The Balaban J connectivity index is 1.62. The van der Waals surface area contributed by atoms with Gasteiger partial charge in [-0.2, -0.15) is 5.10 Å². The van der Waals surface area contributed by atoms with Crippen molar-refractivity contribution in [3.63, 3.8) is 0 Å². The SMILES string of the molecule is Cc1ccc(OCC(=O)N/N=C\c2cc3c(cc2[N+](=O)[O-])OCO3)c(C)c1. The summed E-state index contributed by atoms with van der Waals surface area (Å²) >= 11 is 0. The average Bonchev–Trinajstić information content (AvgIpc) is 3.07. The molecule has 3 rings (SSSR count). The summed E-state index contributed by atoms with van der Waals surface area (Å²) in [6.45, 7) is 3.62. The second-order valence-electron chi connectivity index (χ2n) is 5.87. The van der Waals surface area contributed by atoms with Gasteiger partial charge in [0.2, 0.25) is 6.79 Å². The highest BCUT2D eigenvalue weighted by Crippen LogP contribution is 2.37. The quantitative estimate of drug-likeness (QED) is 0.474. The molecular formula is C18H17N3O6. The van der Waals surface area contributed by atoms with E-state index >= 15 is 0 Å². The lowest BCUT2D eigenvalue weighted by Gasteiger charge is -2.08. The molecule has 0 saturated carbocycles.